The summed E-state index contributed by atoms with van der Waals surface area (Å²) in [5, 5.41) is 3.67. The van der Waals surface area contributed by atoms with E-state index < -0.39 is 0 Å². The summed E-state index contributed by atoms with van der Waals surface area (Å²) in [6.07, 6.45) is 1.22. The summed E-state index contributed by atoms with van der Waals surface area (Å²) in [7, 11) is 0. The first-order valence-corrected chi connectivity index (χ1v) is 7.31. The van der Waals surface area contributed by atoms with Crippen molar-refractivity contribution in [3.63, 3.8) is 0 Å². The van der Waals surface area contributed by atoms with Crippen LogP contribution in [0.25, 0.3) is 0 Å². The lowest BCUT2D eigenvalue weighted by Crippen LogP contribution is -2.39. The minimum absolute atomic E-state index is 0.530. The van der Waals surface area contributed by atoms with Gasteiger partial charge >= 0.3 is 0 Å². The minimum atomic E-state index is 0.530. The maximum Gasteiger partial charge on any atom is 0.161 e. The molecule has 3 heteroatoms. The van der Waals surface area contributed by atoms with Crippen LogP contribution >= 0.6 is 0 Å². The molecule has 2 atom stereocenters. The zero-order chi connectivity index (χ0) is 13.4. The molecule has 1 aromatic rings. The van der Waals surface area contributed by atoms with Crippen LogP contribution in [0.2, 0.25) is 0 Å². The van der Waals surface area contributed by atoms with Crippen molar-refractivity contribution in [2.75, 3.05) is 13.2 Å². The third kappa shape index (κ3) is 2.44. The molecule has 0 amide bonds. The first-order chi connectivity index (χ1) is 9.15. The molecule has 3 nitrogen and oxygen atoms in total. The van der Waals surface area contributed by atoms with Crippen molar-refractivity contribution < 1.29 is 9.47 Å². The Morgan fingerprint density at radius 3 is 2.58 bits per heavy atom. The highest BCUT2D eigenvalue weighted by molar-refractivity contribution is 5.50. The average Bonchev–Trinajstić information content (AvgIpc) is 2.40. The maximum absolute atomic E-state index is 5.71. The number of rotatable bonds is 2. The second-order valence-electron chi connectivity index (χ2n) is 6.10. The van der Waals surface area contributed by atoms with Crippen LogP contribution in [0.4, 0.5) is 0 Å². The third-order valence-electron chi connectivity index (χ3n) is 4.18. The minimum Gasteiger partial charge on any atom is -0.486 e. The van der Waals surface area contributed by atoms with E-state index in [0.717, 1.165) is 24.0 Å². The Balaban J connectivity index is 1.90. The molecule has 0 fully saturated rings. The maximum atomic E-state index is 5.71. The Morgan fingerprint density at radius 1 is 1.21 bits per heavy atom. The fourth-order valence-electron chi connectivity index (χ4n) is 3.15. The molecule has 0 aromatic heterocycles. The molecule has 2 aliphatic heterocycles. The normalized spacial score (nSPS) is 25.3. The number of fused-ring (bicyclic) bond motifs is 2. The van der Waals surface area contributed by atoms with E-state index in [1.807, 2.05) is 0 Å². The van der Waals surface area contributed by atoms with Gasteiger partial charge in [0.25, 0.3) is 0 Å². The standard InChI is InChI=1S/C16H23NO2/c1-10(2)6-14-11(3)13-8-16-15(18-4-5-19-16)7-12(13)9-17-14/h7-8,10-11,14,17H,4-6,9H2,1-3H3. The summed E-state index contributed by atoms with van der Waals surface area (Å²) in [6, 6.07) is 4.91. The van der Waals surface area contributed by atoms with Gasteiger partial charge in [-0.1, -0.05) is 20.8 Å². The van der Waals surface area contributed by atoms with E-state index in [9.17, 15) is 0 Å². The monoisotopic (exact) mass is 261 g/mol. The van der Waals surface area contributed by atoms with E-state index >= 15 is 0 Å². The number of hydrogen-bond donors (Lipinski definition) is 1. The van der Waals surface area contributed by atoms with E-state index in [-0.39, 0.29) is 0 Å². The summed E-state index contributed by atoms with van der Waals surface area (Å²) in [6.45, 7) is 9.14. The molecule has 3 rings (SSSR count). The Kier molecular flexibility index (Phi) is 3.40. The lowest BCUT2D eigenvalue weighted by molar-refractivity contribution is 0.170. The highest BCUT2D eigenvalue weighted by Crippen LogP contribution is 2.39. The largest absolute Gasteiger partial charge is 0.486 e. The Bertz CT molecular complexity index is 470. The van der Waals surface area contributed by atoms with Gasteiger partial charge in [0.1, 0.15) is 13.2 Å². The molecule has 2 aliphatic rings. The van der Waals surface area contributed by atoms with Gasteiger partial charge in [0.15, 0.2) is 11.5 Å². The van der Waals surface area contributed by atoms with Crippen LogP contribution in [0, 0.1) is 5.92 Å². The van der Waals surface area contributed by atoms with E-state index in [4.69, 9.17) is 9.47 Å². The second-order valence-corrected chi connectivity index (χ2v) is 6.10. The first kappa shape index (κ1) is 12.8. The van der Waals surface area contributed by atoms with Gasteiger partial charge in [-0.05, 0) is 41.5 Å². The molecule has 104 valence electrons. The van der Waals surface area contributed by atoms with Gasteiger partial charge in [0.05, 0.1) is 0 Å². The highest BCUT2D eigenvalue weighted by Gasteiger charge is 2.28. The van der Waals surface area contributed by atoms with E-state index in [0.29, 0.717) is 25.2 Å². The number of hydrogen-bond acceptors (Lipinski definition) is 3. The van der Waals surface area contributed by atoms with Gasteiger partial charge in [-0.15, -0.1) is 0 Å². The van der Waals surface area contributed by atoms with Gasteiger partial charge in [0, 0.05) is 12.6 Å². The van der Waals surface area contributed by atoms with Crippen LogP contribution in [0.3, 0.4) is 0 Å². The molecule has 2 heterocycles. The van der Waals surface area contributed by atoms with Crippen LogP contribution in [0.5, 0.6) is 11.5 Å². The van der Waals surface area contributed by atoms with E-state index in [2.05, 4.69) is 38.2 Å². The van der Waals surface area contributed by atoms with Crippen molar-refractivity contribution in [3.8, 4) is 11.5 Å². The summed E-state index contributed by atoms with van der Waals surface area (Å²) < 4.78 is 11.4. The lowest BCUT2D eigenvalue weighted by atomic mass is 9.82. The molecule has 1 aromatic carbocycles. The van der Waals surface area contributed by atoms with Gasteiger partial charge in [-0.2, -0.15) is 0 Å². The molecule has 0 saturated heterocycles. The Labute approximate surface area is 115 Å². The van der Waals surface area contributed by atoms with Crippen molar-refractivity contribution in [1.82, 2.24) is 5.32 Å². The van der Waals surface area contributed by atoms with Gasteiger partial charge in [0.2, 0.25) is 0 Å². The quantitative estimate of drug-likeness (QED) is 0.887. The van der Waals surface area contributed by atoms with Crippen molar-refractivity contribution >= 4 is 0 Å². The van der Waals surface area contributed by atoms with Crippen LogP contribution in [-0.4, -0.2) is 19.3 Å². The van der Waals surface area contributed by atoms with Crippen molar-refractivity contribution in [2.24, 2.45) is 5.92 Å². The second kappa shape index (κ2) is 5.04. The molecule has 0 bridgehead atoms. The Morgan fingerprint density at radius 2 is 1.89 bits per heavy atom. The zero-order valence-corrected chi connectivity index (χ0v) is 12.0. The fourth-order valence-corrected chi connectivity index (χ4v) is 3.15. The van der Waals surface area contributed by atoms with Crippen molar-refractivity contribution in [1.29, 1.82) is 0 Å². The van der Waals surface area contributed by atoms with Gasteiger partial charge < -0.3 is 14.8 Å². The predicted octanol–water partition coefficient (Wildman–Crippen LogP) is 3.08. The topological polar surface area (TPSA) is 30.5 Å². The molecule has 0 radical (unpaired) electrons. The molecule has 0 saturated carbocycles. The zero-order valence-electron chi connectivity index (χ0n) is 12.0. The molecule has 0 aliphatic carbocycles. The summed E-state index contributed by atoms with van der Waals surface area (Å²) in [5.74, 6) is 3.07. The van der Waals surface area contributed by atoms with E-state index in [1.54, 1.807) is 0 Å². The molecule has 2 unspecified atom stereocenters. The number of nitrogens with one attached hydrogen (secondary N) is 1. The summed E-state index contributed by atoms with van der Waals surface area (Å²) >= 11 is 0. The smallest absolute Gasteiger partial charge is 0.161 e. The first-order valence-electron chi connectivity index (χ1n) is 7.31. The van der Waals surface area contributed by atoms with Crippen LogP contribution in [0.1, 0.15) is 44.2 Å². The van der Waals surface area contributed by atoms with Crippen LogP contribution in [-0.2, 0) is 6.54 Å². The summed E-state index contributed by atoms with van der Waals surface area (Å²) in [4.78, 5) is 0. The molecule has 19 heavy (non-hydrogen) atoms. The average molecular weight is 261 g/mol. The molecular formula is C16H23NO2. The molecule has 0 spiro atoms. The van der Waals surface area contributed by atoms with Crippen LogP contribution < -0.4 is 14.8 Å². The van der Waals surface area contributed by atoms with E-state index in [1.165, 1.54) is 17.5 Å². The fraction of sp³-hybridized carbons (Fsp3) is 0.625. The van der Waals surface area contributed by atoms with Crippen molar-refractivity contribution in [3.05, 3.63) is 23.3 Å². The predicted molar refractivity (Wildman–Crippen MR) is 75.9 cm³/mol. The van der Waals surface area contributed by atoms with Crippen LogP contribution in [0.15, 0.2) is 12.1 Å². The Hall–Kier alpha value is -1.22. The number of ether oxygens (including phenoxy) is 2. The number of benzene rings is 1. The summed E-state index contributed by atoms with van der Waals surface area (Å²) in [5.41, 5.74) is 2.78. The molecule has 1 N–H and O–H groups in total. The molecular weight excluding hydrogens is 238 g/mol. The van der Waals surface area contributed by atoms with Gasteiger partial charge in [-0.25, -0.2) is 0 Å². The van der Waals surface area contributed by atoms with Crippen molar-refractivity contribution in [2.45, 2.75) is 45.7 Å². The highest BCUT2D eigenvalue weighted by atomic mass is 16.6. The van der Waals surface area contributed by atoms with Gasteiger partial charge in [-0.3, -0.25) is 0 Å². The third-order valence-corrected chi connectivity index (χ3v) is 4.18. The SMILES string of the molecule is CC(C)CC1NCc2cc3c(cc2C1C)OCCO3. The lowest BCUT2D eigenvalue weighted by Gasteiger charge is -2.34.